The van der Waals surface area contributed by atoms with Crippen LogP contribution in [-0.4, -0.2) is 26.2 Å². The molecule has 0 radical (unpaired) electrons. The highest BCUT2D eigenvalue weighted by molar-refractivity contribution is 4.66. The molecule has 2 heteroatoms. The molecule has 0 amide bonds. The van der Waals surface area contributed by atoms with Gasteiger partial charge in [0.05, 0.1) is 0 Å². The molecule has 0 unspecified atom stereocenters. The van der Waals surface area contributed by atoms with Crippen molar-refractivity contribution in [2.45, 2.75) is 51.9 Å². The van der Waals surface area contributed by atoms with Crippen LogP contribution in [-0.2, 0) is 0 Å². The van der Waals surface area contributed by atoms with Crippen molar-refractivity contribution >= 4 is 0 Å². The lowest BCUT2D eigenvalue weighted by Gasteiger charge is -2.20. The smallest absolute Gasteiger partial charge is 0.00768 e. The second kappa shape index (κ2) is 9.17. The Hall–Kier alpha value is -0.0800. The quantitative estimate of drug-likeness (QED) is 0.661. The van der Waals surface area contributed by atoms with Gasteiger partial charge in [0.1, 0.15) is 0 Å². The van der Waals surface area contributed by atoms with Crippen LogP contribution in [0.2, 0.25) is 0 Å². The number of likely N-dealkylation sites (N-methyl/N-ethyl adjacent to an activating group) is 1. The van der Waals surface area contributed by atoms with Gasteiger partial charge in [-0.3, -0.25) is 0 Å². The summed E-state index contributed by atoms with van der Waals surface area (Å²) in [5.41, 5.74) is 0. The second-order valence-electron chi connectivity index (χ2n) is 4.77. The summed E-state index contributed by atoms with van der Waals surface area (Å²) < 4.78 is 0. The Kier molecular flexibility index (Phi) is 7.94. The standard InChI is InChI=1S/C13H28N2/c1-2-14-10-11-15-12-13-8-6-4-3-5-7-9-13/h13-15H,2-12H2,1H3. The number of rotatable bonds is 6. The molecule has 2 N–H and O–H groups in total. The Morgan fingerprint density at radius 2 is 1.47 bits per heavy atom. The van der Waals surface area contributed by atoms with Crippen molar-refractivity contribution in [2.24, 2.45) is 5.92 Å². The van der Waals surface area contributed by atoms with Crippen LogP contribution in [0, 0.1) is 5.92 Å². The summed E-state index contributed by atoms with van der Waals surface area (Å²) in [6.07, 6.45) is 10.2. The molecule has 1 aliphatic carbocycles. The van der Waals surface area contributed by atoms with Crippen molar-refractivity contribution in [3.63, 3.8) is 0 Å². The number of nitrogens with one attached hydrogen (secondary N) is 2. The monoisotopic (exact) mass is 212 g/mol. The van der Waals surface area contributed by atoms with Crippen molar-refractivity contribution in [3.05, 3.63) is 0 Å². The molecular weight excluding hydrogens is 184 g/mol. The van der Waals surface area contributed by atoms with Crippen LogP contribution in [0.15, 0.2) is 0 Å². The van der Waals surface area contributed by atoms with Gasteiger partial charge in [-0.15, -0.1) is 0 Å². The molecule has 0 aromatic rings. The molecule has 2 nitrogen and oxygen atoms in total. The van der Waals surface area contributed by atoms with Crippen molar-refractivity contribution in [2.75, 3.05) is 26.2 Å². The van der Waals surface area contributed by atoms with Crippen LogP contribution in [0.4, 0.5) is 0 Å². The van der Waals surface area contributed by atoms with Crippen LogP contribution >= 0.6 is 0 Å². The SMILES string of the molecule is CCNCCNCC1CCCCCCC1. The topological polar surface area (TPSA) is 24.1 Å². The highest BCUT2D eigenvalue weighted by Gasteiger charge is 2.10. The zero-order chi connectivity index (χ0) is 10.8. The third-order valence-corrected chi connectivity index (χ3v) is 3.39. The Bertz CT molecular complexity index is 128. The van der Waals surface area contributed by atoms with Gasteiger partial charge in [-0.2, -0.15) is 0 Å². The maximum Gasteiger partial charge on any atom is 0.00768 e. The predicted octanol–water partition coefficient (Wildman–Crippen LogP) is 2.55. The van der Waals surface area contributed by atoms with E-state index in [0.717, 1.165) is 25.6 Å². The summed E-state index contributed by atoms with van der Waals surface area (Å²) >= 11 is 0. The van der Waals surface area contributed by atoms with Gasteiger partial charge in [0.25, 0.3) is 0 Å². The van der Waals surface area contributed by atoms with E-state index < -0.39 is 0 Å². The predicted molar refractivity (Wildman–Crippen MR) is 67.2 cm³/mol. The van der Waals surface area contributed by atoms with E-state index in [1.54, 1.807) is 0 Å². The summed E-state index contributed by atoms with van der Waals surface area (Å²) in [5, 5.41) is 6.92. The second-order valence-corrected chi connectivity index (χ2v) is 4.77. The van der Waals surface area contributed by atoms with Crippen LogP contribution in [0.25, 0.3) is 0 Å². The van der Waals surface area contributed by atoms with Crippen LogP contribution in [0.5, 0.6) is 0 Å². The molecule has 0 aromatic heterocycles. The summed E-state index contributed by atoms with van der Waals surface area (Å²) in [6.45, 7) is 6.73. The van der Waals surface area contributed by atoms with Crippen molar-refractivity contribution < 1.29 is 0 Å². The van der Waals surface area contributed by atoms with Crippen LogP contribution in [0.3, 0.4) is 0 Å². The maximum absolute atomic E-state index is 3.58. The van der Waals surface area contributed by atoms with Gasteiger partial charge in [0.15, 0.2) is 0 Å². The molecule has 1 fully saturated rings. The first-order valence-electron chi connectivity index (χ1n) is 6.85. The first-order chi connectivity index (χ1) is 7.43. The van der Waals surface area contributed by atoms with Gasteiger partial charge >= 0.3 is 0 Å². The van der Waals surface area contributed by atoms with E-state index in [2.05, 4.69) is 17.6 Å². The molecule has 0 aliphatic heterocycles. The van der Waals surface area contributed by atoms with Gasteiger partial charge < -0.3 is 10.6 Å². The summed E-state index contributed by atoms with van der Waals surface area (Å²) in [6, 6.07) is 0. The Morgan fingerprint density at radius 3 is 2.13 bits per heavy atom. The van der Waals surface area contributed by atoms with Crippen molar-refractivity contribution in [3.8, 4) is 0 Å². The normalized spacial score (nSPS) is 19.8. The van der Waals surface area contributed by atoms with Gasteiger partial charge in [0.2, 0.25) is 0 Å². The number of hydrogen-bond donors (Lipinski definition) is 2. The first-order valence-corrected chi connectivity index (χ1v) is 6.85. The Labute approximate surface area is 95.2 Å². The third kappa shape index (κ3) is 6.91. The molecule has 1 saturated carbocycles. The highest BCUT2D eigenvalue weighted by atomic mass is 14.9. The summed E-state index contributed by atoms with van der Waals surface area (Å²) in [4.78, 5) is 0. The molecule has 1 aliphatic rings. The lowest BCUT2D eigenvalue weighted by molar-refractivity contribution is 0.361. The van der Waals surface area contributed by atoms with E-state index in [0.29, 0.717) is 0 Å². The van der Waals surface area contributed by atoms with Gasteiger partial charge in [0, 0.05) is 13.1 Å². The van der Waals surface area contributed by atoms with E-state index in [1.165, 1.54) is 51.5 Å². The highest BCUT2D eigenvalue weighted by Crippen LogP contribution is 2.21. The molecule has 90 valence electrons. The molecule has 0 heterocycles. The van der Waals surface area contributed by atoms with Crippen molar-refractivity contribution in [1.29, 1.82) is 0 Å². The van der Waals surface area contributed by atoms with Crippen LogP contribution < -0.4 is 10.6 Å². The fraction of sp³-hybridized carbons (Fsp3) is 1.00. The lowest BCUT2D eigenvalue weighted by Crippen LogP contribution is -2.31. The number of hydrogen-bond acceptors (Lipinski definition) is 2. The fourth-order valence-corrected chi connectivity index (χ4v) is 2.40. The average Bonchev–Trinajstić information content (AvgIpc) is 2.20. The molecule has 0 bridgehead atoms. The first kappa shape index (κ1) is 13.0. The Balaban J connectivity index is 1.97. The molecule has 0 atom stereocenters. The molecular formula is C13H28N2. The molecule has 15 heavy (non-hydrogen) atoms. The third-order valence-electron chi connectivity index (χ3n) is 3.39. The van der Waals surface area contributed by atoms with E-state index in [1.807, 2.05) is 0 Å². The minimum absolute atomic E-state index is 0.951. The van der Waals surface area contributed by atoms with Crippen molar-refractivity contribution in [1.82, 2.24) is 10.6 Å². The van der Waals surface area contributed by atoms with Gasteiger partial charge in [-0.1, -0.05) is 39.0 Å². The average molecular weight is 212 g/mol. The van der Waals surface area contributed by atoms with Gasteiger partial charge in [-0.25, -0.2) is 0 Å². The molecule has 0 spiro atoms. The van der Waals surface area contributed by atoms with E-state index >= 15 is 0 Å². The van der Waals surface area contributed by atoms with Gasteiger partial charge in [-0.05, 0) is 31.8 Å². The Morgan fingerprint density at radius 1 is 0.867 bits per heavy atom. The zero-order valence-corrected chi connectivity index (χ0v) is 10.4. The minimum Gasteiger partial charge on any atom is -0.316 e. The van der Waals surface area contributed by atoms with Crippen LogP contribution in [0.1, 0.15) is 51.9 Å². The zero-order valence-electron chi connectivity index (χ0n) is 10.4. The largest absolute Gasteiger partial charge is 0.316 e. The maximum atomic E-state index is 3.58. The molecule has 0 aromatic carbocycles. The lowest BCUT2D eigenvalue weighted by atomic mass is 9.91. The molecule has 0 saturated heterocycles. The summed E-state index contributed by atoms with van der Waals surface area (Å²) in [5.74, 6) is 0.951. The summed E-state index contributed by atoms with van der Waals surface area (Å²) in [7, 11) is 0. The van der Waals surface area contributed by atoms with E-state index in [9.17, 15) is 0 Å². The van der Waals surface area contributed by atoms with E-state index in [4.69, 9.17) is 0 Å². The van der Waals surface area contributed by atoms with E-state index in [-0.39, 0.29) is 0 Å². The fourth-order valence-electron chi connectivity index (χ4n) is 2.40. The minimum atomic E-state index is 0.951. The molecule has 1 rings (SSSR count).